The molecular weight excluding hydrogens is 340 g/mol. The van der Waals surface area contributed by atoms with Gasteiger partial charge in [0.15, 0.2) is 0 Å². The van der Waals surface area contributed by atoms with Crippen LogP contribution < -0.4 is 5.32 Å². The van der Waals surface area contributed by atoms with Crippen molar-refractivity contribution in [3.05, 3.63) is 70.3 Å². The third-order valence-corrected chi connectivity index (χ3v) is 4.35. The molecule has 0 spiro atoms. The Morgan fingerprint density at radius 2 is 1.88 bits per heavy atom. The molecule has 0 amide bonds. The molecule has 128 valence electrons. The van der Waals surface area contributed by atoms with Gasteiger partial charge in [0, 0.05) is 31.0 Å². The number of hydrogen-bond donors (Lipinski definition) is 1. The molecule has 9 heteroatoms. The van der Waals surface area contributed by atoms with Gasteiger partial charge in [-0.3, -0.25) is 10.1 Å². The van der Waals surface area contributed by atoms with Gasteiger partial charge < -0.3 is 5.32 Å². The molecule has 3 rings (SSSR count). The minimum absolute atomic E-state index is 0.104. The first kappa shape index (κ1) is 17.1. The third-order valence-electron chi connectivity index (χ3n) is 3.43. The summed E-state index contributed by atoms with van der Waals surface area (Å²) in [5.74, 6) is 0.806. The molecule has 2 aromatic carbocycles. The zero-order valence-corrected chi connectivity index (χ0v) is 14.1. The van der Waals surface area contributed by atoms with Crippen molar-refractivity contribution >= 4 is 17.4 Å². The predicted octanol–water partition coefficient (Wildman–Crippen LogP) is 2.45. The molecule has 0 radical (unpaired) electrons. The minimum atomic E-state index is -0.398. The number of nitrogens with one attached hydrogen (secondary N) is 1. The van der Waals surface area contributed by atoms with Crippen molar-refractivity contribution in [3.8, 4) is 5.69 Å². The molecule has 0 aliphatic carbocycles. The number of rotatable bonds is 8. The number of aromatic nitrogens is 4. The smallest absolute Gasteiger partial charge is 0.269 e. The van der Waals surface area contributed by atoms with Crippen LogP contribution in [-0.4, -0.2) is 37.4 Å². The van der Waals surface area contributed by atoms with Crippen LogP contribution in [0.5, 0.6) is 0 Å². The van der Waals surface area contributed by atoms with E-state index in [2.05, 4.69) is 20.8 Å². The van der Waals surface area contributed by atoms with E-state index in [0.29, 0.717) is 6.54 Å². The molecule has 0 saturated heterocycles. The van der Waals surface area contributed by atoms with E-state index >= 15 is 0 Å². The summed E-state index contributed by atoms with van der Waals surface area (Å²) in [4.78, 5) is 10.2. The fraction of sp³-hybridized carbons (Fsp3) is 0.188. The van der Waals surface area contributed by atoms with E-state index in [-0.39, 0.29) is 5.69 Å². The lowest BCUT2D eigenvalue weighted by atomic mass is 10.2. The molecule has 0 atom stereocenters. The van der Waals surface area contributed by atoms with Gasteiger partial charge in [0.1, 0.15) is 0 Å². The highest BCUT2D eigenvalue weighted by Gasteiger charge is 2.08. The summed E-state index contributed by atoms with van der Waals surface area (Å²) in [5.41, 5.74) is 2.03. The van der Waals surface area contributed by atoms with Crippen molar-refractivity contribution in [2.45, 2.75) is 11.7 Å². The first-order chi connectivity index (χ1) is 12.2. The highest BCUT2D eigenvalue weighted by atomic mass is 32.2. The molecule has 0 unspecified atom stereocenters. The molecule has 0 saturated carbocycles. The van der Waals surface area contributed by atoms with Crippen LogP contribution >= 0.6 is 11.8 Å². The van der Waals surface area contributed by atoms with Gasteiger partial charge in [-0.15, -0.1) is 5.10 Å². The highest BCUT2D eigenvalue weighted by molar-refractivity contribution is 7.99. The van der Waals surface area contributed by atoms with Crippen LogP contribution in [0.25, 0.3) is 5.69 Å². The Hall–Kier alpha value is -2.78. The number of nitrogens with zero attached hydrogens (tertiary/aromatic N) is 5. The molecule has 25 heavy (non-hydrogen) atoms. The van der Waals surface area contributed by atoms with Gasteiger partial charge in [0.25, 0.3) is 5.69 Å². The second-order valence-corrected chi connectivity index (χ2v) is 6.22. The minimum Gasteiger partial charge on any atom is -0.312 e. The SMILES string of the molecule is O=[N+]([O-])c1ccc(CNCCSc2nnnn2-c2ccccc2)cc1. The summed E-state index contributed by atoms with van der Waals surface area (Å²) in [6.07, 6.45) is 0. The van der Waals surface area contributed by atoms with Crippen molar-refractivity contribution in [1.82, 2.24) is 25.5 Å². The number of benzene rings is 2. The summed E-state index contributed by atoms with van der Waals surface area (Å²) >= 11 is 1.57. The lowest BCUT2D eigenvalue weighted by molar-refractivity contribution is -0.384. The maximum atomic E-state index is 10.6. The van der Waals surface area contributed by atoms with Gasteiger partial charge in [0.2, 0.25) is 5.16 Å². The Morgan fingerprint density at radius 1 is 1.12 bits per heavy atom. The number of nitro groups is 1. The summed E-state index contributed by atoms with van der Waals surface area (Å²) in [7, 11) is 0. The average Bonchev–Trinajstić information content (AvgIpc) is 3.11. The van der Waals surface area contributed by atoms with Crippen molar-refractivity contribution in [2.24, 2.45) is 0 Å². The number of para-hydroxylation sites is 1. The van der Waals surface area contributed by atoms with Crippen LogP contribution in [0.3, 0.4) is 0 Å². The van der Waals surface area contributed by atoms with Gasteiger partial charge in [0.05, 0.1) is 10.6 Å². The van der Waals surface area contributed by atoms with E-state index in [4.69, 9.17) is 0 Å². The maximum absolute atomic E-state index is 10.6. The van der Waals surface area contributed by atoms with E-state index < -0.39 is 4.92 Å². The zero-order chi connectivity index (χ0) is 17.5. The Bertz CT molecular complexity index is 822. The fourth-order valence-corrected chi connectivity index (χ4v) is 2.97. The lowest BCUT2D eigenvalue weighted by Gasteiger charge is -2.05. The molecule has 0 fully saturated rings. The third kappa shape index (κ3) is 4.61. The fourth-order valence-electron chi connectivity index (χ4n) is 2.18. The molecule has 1 aromatic heterocycles. The molecule has 3 aromatic rings. The summed E-state index contributed by atoms with van der Waals surface area (Å²) in [5, 5.41) is 26.5. The Kier molecular flexibility index (Phi) is 5.70. The van der Waals surface area contributed by atoms with Gasteiger partial charge in [-0.2, -0.15) is 4.68 Å². The molecule has 8 nitrogen and oxygen atoms in total. The van der Waals surface area contributed by atoms with Crippen LogP contribution in [0.15, 0.2) is 59.8 Å². The number of tetrazole rings is 1. The normalized spacial score (nSPS) is 10.7. The molecule has 0 bridgehead atoms. The van der Waals surface area contributed by atoms with Gasteiger partial charge in [-0.1, -0.05) is 42.1 Å². The highest BCUT2D eigenvalue weighted by Crippen LogP contribution is 2.17. The van der Waals surface area contributed by atoms with Gasteiger partial charge in [-0.05, 0) is 28.1 Å². The van der Waals surface area contributed by atoms with E-state index in [1.807, 2.05) is 30.3 Å². The summed E-state index contributed by atoms with van der Waals surface area (Å²) in [6, 6.07) is 16.3. The van der Waals surface area contributed by atoms with E-state index in [9.17, 15) is 10.1 Å². The Labute approximate surface area is 148 Å². The first-order valence-corrected chi connectivity index (χ1v) is 8.63. The number of non-ortho nitro benzene ring substituents is 1. The molecular formula is C16H16N6O2S. The summed E-state index contributed by atoms with van der Waals surface area (Å²) in [6.45, 7) is 1.42. The predicted molar refractivity (Wildman–Crippen MR) is 94.7 cm³/mol. The molecule has 1 N–H and O–H groups in total. The van der Waals surface area contributed by atoms with E-state index in [0.717, 1.165) is 28.7 Å². The Balaban J connectivity index is 1.45. The van der Waals surface area contributed by atoms with Crippen LogP contribution in [-0.2, 0) is 6.54 Å². The second-order valence-electron chi connectivity index (χ2n) is 5.16. The summed E-state index contributed by atoms with van der Waals surface area (Å²) < 4.78 is 1.71. The average molecular weight is 356 g/mol. The van der Waals surface area contributed by atoms with E-state index in [1.165, 1.54) is 12.1 Å². The topological polar surface area (TPSA) is 98.8 Å². The standard InChI is InChI=1S/C16H16N6O2S/c23-22(24)15-8-6-13(7-9-15)12-17-10-11-25-16-18-19-20-21(16)14-4-2-1-3-5-14/h1-9,17H,10-12H2. The number of nitro benzene ring substituents is 1. The number of thioether (sulfide) groups is 1. The van der Waals surface area contributed by atoms with Crippen molar-refractivity contribution in [2.75, 3.05) is 12.3 Å². The molecule has 0 aliphatic heterocycles. The van der Waals surface area contributed by atoms with Crippen LogP contribution in [0.1, 0.15) is 5.56 Å². The van der Waals surface area contributed by atoms with Gasteiger partial charge in [-0.25, -0.2) is 0 Å². The van der Waals surface area contributed by atoms with Crippen LogP contribution in [0.4, 0.5) is 5.69 Å². The van der Waals surface area contributed by atoms with Crippen molar-refractivity contribution in [1.29, 1.82) is 0 Å². The molecule has 0 aliphatic rings. The Morgan fingerprint density at radius 3 is 2.60 bits per heavy atom. The largest absolute Gasteiger partial charge is 0.312 e. The maximum Gasteiger partial charge on any atom is 0.269 e. The van der Waals surface area contributed by atoms with E-state index in [1.54, 1.807) is 28.6 Å². The van der Waals surface area contributed by atoms with Crippen molar-refractivity contribution < 1.29 is 4.92 Å². The molecule has 1 heterocycles. The van der Waals surface area contributed by atoms with Crippen molar-refractivity contribution in [3.63, 3.8) is 0 Å². The lowest BCUT2D eigenvalue weighted by Crippen LogP contribution is -2.16. The van der Waals surface area contributed by atoms with Crippen LogP contribution in [0.2, 0.25) is 0 Å². The van der Waals surface area contributed by atoms with Crippen LogP contribution in [0, 0.1) is 10.1 Å². The second kappa shape index (κ2) is 8.36. The monoisotopic (exact) mass is 356 g/mol. The quantitative estimate of drug-likeness (QED) is 0.286. The first-order valence-electron chi connectivity index (χ1n) is 7.65. The number of hydrogen-bond acceptors (Lipinski definition) is 7. The zero-order valence-electron chi connectivity index (χ0n) is 13.3. The van der Waals surface area contributed by atoms with Gasteiger partial charge >= 0.3 is 0 Å².